The highest BCUT2D eigenvalue weighted by molar-refractivity contribution is 5.54. The van der Waals surface area contributed by atoms with E-state index in [1.807, 2.05) is 6.92 Å². The van der Waals surface area contributed by atoms with Crippen LogP contribution in [0, 0.1) is 6.92 Å². The lowest BCUT2D eigenvalue weighted by Gasteiger charge is -2.23. The lowest BCUT2D eigenvalue weighted by atomic mass is 10.0. The van der Waals surface area contributed by atoms with Crippen LogP contribution in [0.4, 0.5) is 11.6 Å². The average molecular weight is 264 g/mol. The minimum atomic E-state index is -0.586. The number of hydrogen-bond acceptors (Lipinski definition) is 5. The van der Waals surface area contributed by atoms with E-state index < -0.39 is 5.60 Å². The Balaban J connectivity index is 2.10. The fourth-order valence-electron chi connectivity index (χ4n) is 2.55. The number of nitrogens with zero attached hydrogens (tertiary/aromatic N) is 2. The van der Waals surface area contributed by atoms with Crippen LogP contribution in [0.2, 0.25) is 0 Å². The van der Waals surface area contributed by atoms with Crippen molar-refractivity contribution in [3.05, 3.63) is 11.4 Å². The van der Waals surface area contributed by atoms with Gasteiger partial charge in [0.25, 0.3) is 0 Å². The molecule has 0 aliphatic heterocycles. The number of nitrogen functional groups attached to an aromatic ring is 1. The molecule has 0 radical (unpaired) electrons. The van der Waals surface area contributed by atoms with E-state index in [-0.39, 0.29) is 0 Å². The average Bonchev–Trinajstić information content (AvgIpc) is 2.80. The van der Waals surface area contributed by atoms with Gasteiger partial charge in [-0.15, -0.1) is 0 Å². The van der Waals surface area contributed by atoms with Crippen molar-refractivity contribution in [3.63, 3.8) is 0 Å². The lowest BCUT2D eigenvalue weighted by Crippen LogP contribution is -2.34. The number of aromatic nitrogens is 2. The van der Waals surface area contributed by atoms with E-state index in [1.165, 1.54) is 0 Å². The largest absolute Gasteiger partial charge is 0.388 e. The third-order valence-electron chi connectivity index (χ3n) is 3.82. The van der Waals surface area contributed by atoms with E-state index in [1.54, 1.807) is 0 Å². The van der Waals surface area contributed by atoms with Crippen molar-refractivity contribution in [1.29, 1.82) is 0 Å². The fraction of sp³-hybridized carbons (Fsp3) is 0.714. The van der Waals surface area contributed by atoms with Crippen LogP contribution in [0.1, 0.15) is 50.4 Å². The summed E-state index contributed by atoms with van der Waals surface area (Å²) < 4.78 is 0. The zero-order valence-electron chi connectivity index (χ0n) is 11.9. The molecule has 1 saturated carbocycles. The second-order valence-electron chi connectivity index (χ2n) is 5.53. The van der Waals surface area contributed by atoms with Crippen molar-refractivity contribution in [3.8, 4) is 0 Å². The highest BCUT2D eigenvalue weighted by Crippen LogP contribution is 2.30. The first-order valence-electron chi connectivity index (χ1n) is 7.13. The molecular weight excluding hydrogens is 240 g/mol. The molecule has 0 aromatic carbocycles. The van der Waals surface area contributed by atoms with Crippen LogP contribution in [-0.2, 0) is 6.42 Å². The molecule has 0 amide bonds. The van der Waals surface area contributed by atoms with Crippen molar-refractivity contribution in [2.45, 2.75) is 58.0 Å². The number of nitrogens with one attached hydrogen (secondary N) is 1. The van der Waals surface area contributed by atoms with E-state index in [2.05, 4.69) is 22.2 Å². The van der Waals surface area contributed by atoms with Crippen LogP contribution < -0.4 is 11.1 Å². The van der Waals surface area contributed by atoms with E-state index in [0.29, 0.717) is 12.4 Å². The molecule has 1 aliphatic rings. The standard InChI is InChI=1S/C14H24N4O/c1-3-6-11-17-12(15)10(2)13(18-11)16-9-14(19)7-4-5-8-14/h19H,3-9H2,1-2H3,(H3,15,16,17,18). The predicted octanol–water partition coefficient (Wildman–Crippen LogP) is 2.04. The van der Waals surface area contributed by atoms with E-state index in [9.17, 15) is 5.11 Å². The van der Waals surface area contributed by atoms with Gasteiger partial charge in [0.1, 0.15) is 17.5 Å². The molecule has 1 heterocycles. The second-order valence-corrected chi connectivity index (χ2v) is 5.53. The molecular formula is C14H24N4O. The molecule has 19 heavy (non-hydrogen) atoms. The van der Waals surface area contributed by atoms with Gasteiger partial charge in [-0.2, -0.15) is 0 Å². The Bertz CT molecular complexity index is 441. The van der Waals surface area contributed by atoms with Gasteiger partial charge in [-0.3, -0.25) is 0 Å². The van der Waals surface area contributed by atoms with Gasteiger partial charge in [0.2, 0.25) is 0 Å². The molecule has 0 bridgehead atoms. The van der Waals surface area contributed by atoms with E-state index in [4.69, 9.17) is 5.73 Å². The van der Waals surface area contributed by atoms with Crippen LogP contribution in [0.3, 0.4) is 0 Å². The summed E-state index contributed by atoms with van der Waals surface area (Å²) in [6.07, 6.45) is 5.74. The Kier molecular flexibility index (Phi) is 4.24. The van der Waals surface area contributed by atoms with Gasteiger partial charge in [0.15, 0.2) is 0 Å². The quantitative estimate of drug-likeness (QED) is 0.758. The maximum atomic E-state index is 10.3. The third-order valence-corrected chi connectivity index (χ3v) is 3.82. The van der Waals surface area contributed by atoms with Crippen molar-refractivity contribution in [1.82, 2.24) is 9.97 Å². The fourth-order valence-corrected chi connectivity index (χ4v) is 2.55. The summed E-state index contributed by atoms with van der Waals surface area (Å²) in [7, 11) is 0. The molecule has 4 N–H and O–H groups in total. The third kappa shape index (κ3) is 3.35. The smallest absolute Gasteiger partial charge is 0.134 e. The molecule has 1 fully saturated rings. The summed E-state index contributed by atoms with van der Waals surface area (Å²) in [6.45, 7) is 4.54. The van der Waals surface area contributed by atoms with Gasteiger partial charge in [0, 0.05) is 18.5 Å². The van der Waals surface area contributed by atoms with Crippen LogP contribution in [0.5, 0.6) is 0 Å². The molecule has 1 aromatic rings. The van der Waals surface area contributed by atoms with Crippen molar-refractivity contribution >= 4 is 11.6 Å². The first-order valence-corrected chi connectivity index (χ1v) is 7.13. The van der Waals surface area contributed by atoms with E-state index in [0.717, 1.165) is 55.7 Å². The molecule has 1 aliphatic carbocycles. The van der Waals surface area contributed by atoms with Crippen LogP contribution in [-0.4, -0.2) is 27.2 Å². The van der Waals surface area contributed by atoms with E-state index >= 15 is 0 Å². The van der Waals surface area contributed by atoms with Gasteiger partial charge < -0.3 is 16.2 Å². The van der Waals surface area contributed by atoms with Gasteiger partial charge in [0.05, 0.1) is 5.60 Å². The minimum absolute atomic E-state index is 0.527. The molecule has 0 atom stereocenters. The first kappa shape index (κ1) is 14.1. The Morgan fingerprint density at radius 1 is 1.32 bits per heavy atom. The van der Waals surface area contributed by atoms with Crippen molar-refractivity contribution < 1.29 is 5.11 Å². The number of nitrogens with two attached hydrogens (primary N) is 1. The molecule has 106 valence electrons. The number of aliphatic hydroxyl groups is 1. The second kappa shape index (κ2) is 5.74. The predicted molar refractivity (Wildman–Crippen MR) is 77.1 cm³/mol. The number of hydrogen-bond donors (Lipinski definition) is 3. The normalized spacial score (nSPS) is 17.6. The Morgan fingerprint density at radius 3 is 2.63 bits per heavy atom. The summed E-state index contributed by atoms with van der Waals surface area (Å²) in [5.41, 5.74) is 6.19. The molecule has 5 nitrogen and oxygen atoms in total. The lowest BCUT2D eigenvalue weighted by molar-refractivity contribution is 0.0614. The monoisotopic (exact) mass is 264 g/mol. The summed E-state index contributed by atoms with van der Waals surface area (Å²) in [4.78, 5) is 8.79. The number of aryl methyl sites for hydroxylation is 1. The zero-order valence-corrected chi connectivity index (χ0v) is 11.9. The SMILES string of the molecule is CCCc1nc(N)c(C)c(NCC2(O)CCCC2)n1. The molecule has 2 rings (SSSR count). The Morgan fingerprint density at radius 2 is 2.00 bits per heavy atom. The maximum absolute atomic E-state index is 10.3. The van der Waals surface area contributed by atoms with Crippen LogP contribution in [0.25, 0.3) is 0 Å². The maximum Gasteiger partial charge on any atom is 0.134 e. The highest BCUT2D eigenvalue weighted by Gasteiger charge is 2.31. The molecule has 1 aromatic heterocycles. The molecule has 5 heteroatoms. The summed E-state index contributed by atoms with van der Waals surface area (Å²) >= 11 is 0. The van der Waals surface area contributed by atoms with Gasteiger partial charge in [-0.25, -0.2) is 9.97 Å². The minimum Gasteiger partial charge on any atom is -0.388 e. The van der Waals surface area contributed by atoms with Crippen LogP contribution >= 0.6 is 0 Å². The van der Waals surface area contributed by atoms with Crippen molar-refractivity contribution in [2.24, 2.45) is 0 Å². The van der Waals surface area contributed by atoms with Crippen LogP contribution in [0.15, 0.2) is 0 Å². The van der Waals surface area contributed by atoms with Gasteiger partial charge in [-0.1, -0.05) is 19.8 Å². The molecule has 0 saturated heterocycles. The highest BCUT2D eigenvalue weighted by atomic mass is 16.3. The number of rotatable bonds is 5. The zero-order chi connectivity index (χ0) is 13.9. The Labute approximate surface area is 114 Å². The van der Waals surface area contributed by atoms with Crippen molar-refractivity contribution in [2.75, 3.05) is 17.6 Å². The summed E-state index contributed by atoms with van der Waals surface area (Å²) in [5, 5.41) is 13.6. The number of anilines is 2. The molecule has 0 unspecified atom stereocenters. The summed E-state index contributed by atoms with van der Waals surface area (Å²) in [6, 6.07) is 0. The first-order chi connectivity index (χ1) is 9.04. The molecule has 0 spiro atoms. The summed E-state index contributed by atoms with van der Waals surface area (Å²) in [5.74, 6) is 2.06. The topological polar surface area (TPSA) is 84.1 Å². The van der Waals surface area contributed by atoms with Gasteiger partial charge >= 0.3 is 0 Å². The Hall–Kier alpha value is -1.36. The van der Waals surface area contributed by atoms with Gasteiger partial charge in [-0.05, 0) is 26.2 Å².